The second kappa shape index (κ2) is 3.15. The summed E-state index contributed by atoms with van der Waals surface area (Å²) in [6, 6.07) is 0. The Labute approximate surface area is 61.2 Å². The van der Waals surface area contributed by atoms with Gasteiger partial charge in [0.25, 0.3) is 0 Å². The monoisotopic (exact) mass is 142 g/mol. The Balaban J connectivity index is 2.46. The van der Waals surface area contributed by atoms with E-state index in [4.69, 9.17) is 5.11 Å². The van der Waals surface area contributed by atoms with E-state index in [2.05, 4.69) is 6.92 Å². The van der Waals surface area contributed by atoms with Gasteiger partial charge in [-0.2, -0.15) is 0 Å². The molecular formula is C8H14O2. The van der Waals surface area contributed by atoms with Crippen LogP contribution in [0.5, 0.6) is 0 Å². The van der Waals surface area contributed by atoms with Crippen LogP contribution in [-0.2, 0) is 4.79 Å². The van der Waals surface area contributed by atoms with Crippen molar-refractivity contribution in [2.45, 2.75) is 38.7 Å². The lowest BCUT2D eigenvalue weighted by Gasteiger charge is -2.03. The lowest BCUT2D eigenvalue weighted by Crippen LogP contribution is -2.17. The molecule has 0 spiro atoms. The van der Waals surface area contributed by atoms with Gasteiger partial charge in [-0.15, -0.1) is 0 Å². The van der Waals surface area contributed by atoms with Crippen LogP contribution in [0.25, 0.3) is 0 Å². The van der Waals surface area contributed by atoms with E-state index in [1.807, 2.05) is 0 Å². The summed E-state index contributed by atoms with van der Waals surface area (Å²) in [5, 5.41) is 9.13. The van der Waals surface area contributed by atoms with Crippen molar-refractivity contribution in [1.82, 2.24) is 0 Å². The van der Waals surface area contributed by atoms with E-state index >= 15 is 0 Å². The molecule has 0 aromatic heterocycles. The van der Waals surface area contributed by atoms with Crippen LogP contribution in [-0.4, -0.2) is 17.0 Å². The molecule has 0 saturated heterocycles. The third-order valence-electron chi connectivity index (χ3n) is 2.19. The molecule has 0 aliphatic heterocycles. The van der Waals surface area contributed by atoms with Gasteiger partial charge in [0.2, 0.25) is 0 Å². The van der Waals surface area contributed by atoms with Gasteiger partial charge in [-0.25, -0.2) is 0 Å². The van der Waals surface area contributed by atoms with Crippen molar-refractivity contribution in [3.63, 3.8) is 0 Å². The van der Waals surface area contributed by atoms with Gasteiger partial charge in [0.1, 0.15) is 6.10 Å². The number of hydrogen-bond acceptors (Lipinski definition) is 2. The van der Waals surface area contributed by atoms with Crippen molar-refractivity contribution >= 4 is 5.78 Å². The van der Waals surface area contributed by atoms with Crippen molar-refractivity contribution in [2.75, 3.05) is 0 Å². The molecule has 10 heavy (non-hydrogen) atoms. The van der Waals surface area contributed by atoms with Crippen LogP contribution < -0.4 is 0 Å². The Morgan fingerprint density at radius 1 is 1.40 bits per heavy atom. The van der Waals surface area contributed by atoms with Gasteiger partial charge in [0, 0.05) is 6.42 Å². The summed E-state index contributed by atoms with van der Waals surface area (Å²) in [5.74, 6) is 0.644. The number of aliphatic hydroxyl groups is 1. The number of rotatable bonds is 0. The average Bonchev–Trinajstić information content (AvgIpc) is 2.04. The smallest absolute Gasteiger partial charge is 0.161 e. The minimum absolute atomic E-state index is 0.0318. The molecule has 0 radical (unpaired) electrons. The molecule has 0 amide bonds. The van der Waals surface area contributed by atoms with Crippen LogP contribution in [0.1, 0.15) is 32.6 Å². The zero-order chi connectivity index (χ0) is 7.56. The molecule has 2 unspecified atom stereocenters. The first-order valence-electron chi connectivity index (χ1n) is 3.91. The SMILES string of the molecule is CC1CCC(=O)C(O)CC1. The van der Waals surface area contributed by atoms with Gasteiger partial charge < -0.3 is 5.11 Å². The first-order valence-corrected chi connectivity index (χ1v) is 3.91. The minimum atomic E-state index is -0.662. The fourth-order valence-corrected chi connectivity index (χ4v) is 1.30. The molecule has 1 N–H and O–H groups in total. The lowest BCUT2D eigenvalue weighted by atomic mass is 10.0. The maximum atomic E-state index is 10.9. The molecule has 58 valence electrons. The summed E-state index contributed by atoms with van der Waals surface area (Å²) in [6.07, 6.45) is 2.52. The van der Waals surface area contributed by atoms with Crippen LogP contribution in [0.4, 0.5) is 0 Å². The summed E-state index contributed by atoms with van der Waals surface area (Å²) in [4.78, 5) is 10.9. The second-order valence-electron chi connectivity index (χ2n) is 3.20. The van der Waals surface area contributed by atoms with E-state index in [9.17, 15) is 4.79 Å². The highest BCUT2D eigenvalue weighted by Crippen LogP contribution is 2.20. The standard InChI is InChI=1S/C8H14O2/c1-6-2-4-7(9)8(10)5-3-6/h6-7,9H,2-5H2,1H3. The molecular weight excluding hydrogens is 128 g/mol. The number of carbonyl (C=O) groups excluding carboxylic acids is 1. The molecule has 1 rings (SSSR count). The maximum absolute atomic E-state index is 10.9. The first-order chi connectivity index (χ1) is 4.70. The number of aliphatic hydroxyl groups excluding tert-OH is 1. The van der Waals surface area contributed by atoms with Gasteiger partial charge in [-0.1, -0.05) is 6.92 Å². The predicted molar refractivity (Wildman–Crippen MR) is 38.6 cm³/mol. The molecule has 2 nitrogen and oxygen atoms in total. The Kier molecular flexibility index (Phi) is 2.44. The van der Waals surface area contributed by atoms with Crippen molar-refractivity contribution in [3.8, 4) is 0 Å². The van der Waals surface area contributed by atoms with Crippen LogP contribution in [0.3, 0.4) is 0 Å². The molecule has 0 aromatic rings. The van der Waals surface area contributed by atoms with Gasteiger partial charge >= 0.3 is 0 Å². The van der Waals surface area contributed by atoms with Crippen molar-refractivity contribution < 1.29 is 9.90 Å². The van der Waals surface area contributed by atoms with E-state index < -0.39 is 6.10 Å². The highest BCUT2D eigenvalue weighted by atomic mass is 16.3. The fourth-order valence-electron chi connectivity index (χ4n) is 1.30. The first kappa shape index (κ1) is 7.73. The van der Waals surface area contributed by atoms with Gasteiger partial charge in [-0.05, 0) is 25.2 Å². The van der Waals surface area contributed by atoms with Crippen molar-refractivity contribution in [1.29, 1.82) is 0 Å². The third kappa shape index (κ3) is 1.81. The average molecular weight is 142 g/mol. The fraction of sp³-hybridized carbons (Fsp3) is 0.875. The van der Waals surface area contributed by atoms with E-state index in [0.717, 1.165) is 12.8 Å². The van der Waals surface area contributed by atoms with Crippen LogP contribution in [0.2, 0.25) is 0 Å². The van der Waals surface area contributed by atoms with E-state index in [-0.39, 0.29) is 5.78 Å². The van der Waals surface area contributed by atoms with Crippen molar-refractivity contribution in [2.24, 2.45) is 5.92 Å². The number of hydrogen-bond donors (Lipinski definition) is 1. The molecule has 1 aliphatic rings. The zero-order valence-electron chi connectivity index (χ0n) is 6.34. The number of carbonyl (C=O) groups is 1. The second-order valence-corrected chi connectivity index (χ2v) is 3.20. The Hall–Kier alpha value is -0.370. The molecule has 0 bridgehead atoms. The van der Waals surface area contributed by atoms with Crippen LogP contribution >= 0.6 is 0 Å². The lowest BCUT2D eigenvalue weighted by molar-refractivity contribution is -0.126. The van der Waals surface area contributed by atoms with Crippen LogP contribution in [0, 0.1) is 5.92 Å². The number of ketones is 1. The molecule has 0 heterocycles. The molecule has 2 atom stereocenters. The van der Waals surface area contributed by atoms with E-state index in [1.54, 1.807) is 0 Å². The summed E-state index contributed by atoms with van der Waals surface area (Å²) in [5.41, 5.74) is 0. The Morgan fingerprint density at radius 2 is 2.10 bits per heavy atom. The third-order valence-corrected chi connectivity index (χ3v) is 2.19. The zero-order valence-corrected chi connectivity index (χ0v) is 6.34. The summed E-state index contributed by atoms with van der Waals surface area (Å²) in [7, 11) is 0. The quantitative estimate of drug-likeness (QED) is 0.515. The summed E-state index contributed by atoms with van der Waals surface area (Å²) in [6.45, 7) is 2.13. The normalized spacial score (nSPS) is 35.6. The largest absolute Gasteiger partial charge is 0.385 e. The minimum Gasteiger partial charge on any atom is -0.385 e. The molecule has 1 fully saturated rings. The van der Waals surface area contributed by atoms with Crippen molar-refractivity contribution in [3.05, 3.63) is 0 Å². The van der Waals surface area contributed by atoms with Crippen LogP contribution in [0.15, 0.2) is 0 Å². The Morgan fingerprint density at radius 3 is 2.80 bits per heavy atom. The summed E-state index contributed by atoms with van der Waals surface area (Å²) >= 11 is 0. The predicted octanol–water partition coefficient (Wildman–Crippen LogP) is 1.13. The topological polar surface area (TPSA) is 37.3 Å². The van der Waals surface area contributed by atoms with Gasteiger partial charge in [0.05, 0.1) is 0 Å². The molecule has 1 aliphatic carbocycles. The van der Waals surface area contributed by atoms with E-state index in [0.29, 0.717) is 18.8 Å². The molecule has 0 aromatic carbocycles. The Bertz CT molecular complexity index is 131. The van der Waals surface area contributed by atoms with Gasteiger partial charge in [-0.3, -0.25) is 4.79 Å². The molecule has 2 heteroatoms. The molecule has 1 saturated carbocycles. The summed E-state index contributed by atoms with van der Waals surface area (Å²) < 4.78 is 0. The maximum Gasteiger partial charge on any atom is 0.161 e. The highest BCUT2D eigenvalue weighted by molar-refractivity contribution is 5.82. The number of Topliss-reactive ketones (excluding diaryl/α,β-unsaturated/α-hetero) is 1. The van der Waals surface area contributed by atoms with E-state index in [1.165, 1.54) is 0 Å². The van der Waals surface area contributed by atoms with Gasteiger partial charge in [0.15, 0.2) is 5.78 Å². The highest BCUT2D eigenvalue weighted by Gasteiger charge is 2.20.